The largest absolute Gasteiger partial charge is 0.496 e. The first-order chi connectivity index (χ1) is 9.06. The highest BCUT2D eigenvalue weighted by Crippen LogP contribution is 2.34. The number of fused-ring (bicyclic) bond motifs is 1. The zero-order valence-corrected chi connectivity index (χ0v) is 11.6. The second kappa shape index (κ2) is 4.93. The van der Waals surface area contributed by atoms with E-state index in [1.54, 1.807) is 31.9 Å². The smallest absolute Gasteiger partial charge is 0.255 e. The summed E-state index contributed by atoms with van der Waals surface area (Å²) in [5, 5.41) is 0.865. The highest BCUT2D eigenvalue weighted by Gasteiger charge is 2.17. The summed E-state index contributed by atoms with van der Waals surface area (Å²) in [5.41, 5.74) is 7.76. The van der Waals surface area contributed by atoms with Crippen LogP contribution in [0, 0.1) is 6.92 Å². The number of hydrogen-bond donors (Lipinski definition) is 1. The van der Waals surface area contributed by atoms with Crippen molar-refractivity contribution in [1.82, 2.24) is 4.57 Å². The molecule has 0 aliphatic heterocycles. The van der Waals surface area contributed by atoms with Crippen LogP contribution in [0.15, 0.2) is 16.9 Å². The average Bonchev–Trinajstić information content (AvgIpc) is 2.43. The van der Waals surface area contributed by atoms with Crippen molar-refractivity contribution in [3.8, 4) is 11.5 Å². The number of nitrogens with zero attached hydrogens (tertiary/aromatic N) is 1. The van der Waals surface area contributed by atoms with Gasteiger partial charge < -0.3 is 19.8 Å². The summed E-state index contributed by atoms with van der Waals surface area (Å²) in [6, 6.07) is 3.63. The minimum atomic E-state index is -0.0981. The van der Waals surface area contributed by atoms with Crippen LogP contribution in [0.4, 0.5) is 0 Å². The van der Waals surface area contributed by atoms with Gasteiger partial charge >= 0.3 is 0 Å². The van der Waals surface area contributed by atoms with Gasteiger partial charge in [0.2, 0.25) is 0 Å². The topological polar surface area (TPSA) is 66.5 Å². The predicted octanol–water partition coefficient (Wildman–Crippen LogP) is 1.32. The van der Waals surface area contributed by atoms with E-state index < -0.39 is 0 Å². The molecule has 0 saturated carbocycles. The van der Waals surface area contributed by atoms with E-state index in [-0.39, 0.29) is 12.1 Å². The SMILES string of the molecule is COc1ccc(OC)c2c1c(C)c(CN)c(=O)n2C. The zero-order valence-electron chi connectivity index (χ0n) is 11.6. The van der Waals surface area contributed by atoms with Crippen LogP contribution in [0.25, 0.3) is 10.9 Å². The van der Waals surface area contributed by atoms with E-state index in [1.165, 1.54) is 0 Å². The average molecular weight is 262 g/mol. The van der Waals surface area contributed by atoms with Crippen molar-refractivity contribution in [3.63, 3.8) is 0 Å². The van der Waals surface area contributed by atoms with Crippen molar-refractivity contribution in [2.75, 3.05) is 14.2 Å². The zero-order chi connectivity index (χ0) is 14.2. The number of methoxy groups -OCH3 is 2. The lowest BCUT2D eigenvalue weighted by atomic mass is 10.0. The minimum Gasteiger partial charge on any atom is -0.496 e. The molecule has 1 heterocycles. The van der Waals surface area contributed by atoms with E-state index in [0.717, 1.165) is 16.5 Å². The molecule has 0 spiro atoms. The van der Waals surface area contributed by atoms with Gasteiger partial charge in [-0.25, -0.2) is 0 Å². The maximum Gasteiger partial charge on any atom is 0.255 e. The van der Waals surface area contributed by atoms with Crippen molar-refractivity contribution in [1.29, 1.82) is 0 Å². The van der Waals surface area contributed by atoms with Crippen LogP contribution in [0.3, 0.4) is 0 Å². The number of aromatic nitrogens is 1. The van der Waals surface area contributed by atoms with E-state index in [0.29, 0.717) is 17.1 Å². The first-order valence-corrected chi connectivity index (χ1v) is 6.00. The Hall–Kier alpha value is -2.01. The standard InChI is InChI=1S/C14H18N2O3/c1-8-9(7-15)14(17)16(2)13-11(19-4)6-5-10(18-3)12(8)13/h5-6H,7,15H2,1-4H3. The van der Waals surface area contributed by atoms with Gasteiger partial charge in [0.15, 0.2) is 0 Å². The van der Waals surface area contributed by atoms with Gasteiger partial charge in [0.25, 0.3) is 5.56 Å². The molecule has 1 aromatic carbocycles. The van der Waals surface area contributed by atoms with Crippen LogP contribution in [-0.2, 0) is 13.6 Å². The van der Waals surface area contributed by atoms with Crippen molar-refractivity contribution < 1.29 is 9.47 Å². The Morgan fingerprint density at radius 1 is 1.21 bits per heavy atom. The Bertz CT molecular complexity index is 689. The van der Waals surface area contributed by atoms with Gasteiger partial charge in [0, 0.05) is 24.5 Å². The molecular weight excluding hydrogens is 244 g/mol. The predicted molar refractivity (Wildman–Crippen MR) is 74.9 cm³/mol. The molecule has 0 aliphatic carbocycles. The fourth-order valence-corrected chi connectivity index (χ4v) is 2.44. The first-order valence-electron chi connectivity index (χ1n) is 6.00. The first kappa shape index (κ1) is 13.4. The number of hydrogen-bond acceptors (Lipinski definition) is 4. The van der Waals surface area contributed by atoms with Crippen molar-refractivity contribution in [3.05, 3.63) is 33.6 Å². The fourth-order valence-electron chi connectivity index (χ4n) is 2.44. The summed E-state index contributed by atoms with van der Waals surface area (Å²) in [7, 11) is 4.90. The summed E-state index contributed by atoms with van der Waals surface area (Å²) in [5.74, 6) is 1.35. The maximum atomic E-state index is 12.3. The highest BCUT2D eigenvalue weighted by atomic mass is 16.5. The van der Waals surface area contributed by atoms with Gasteiger partial charge in [-0.1, -0.05) is 0 Å². The maximum absolute atomic E-state index is 12.3. The van der Waals surface area contributed by atoms with E-state index >= 15 is 0 Å². The Labute approximate surface area is 111 Å². The van der Waals surface area contributed by atoms with Gasteiger partial charge in [-0.2, -0.15) is 0 Å². The third-order valence-corrected chi connectivity index (χ3v) is 3.47. The Morgan fingerprint density at radius 2 is 1.79 bits per heavy atom. The molecule has 0 radical (unpaired) electrons. The molecule has 0 fully saturated rings. The van der Waals surface area contributed by atoms with E-state index in [2.05, 4.69) is 0 Å². The summed E-state index contributed by atoms with van der Waals surface area (Å²) in [6.45, 7) is 2.09. The monoisotopic (exact) mass is 262 g/mol. The lowest BCUT2D eigenvalue weighted by Crippen LogP contribution is -2.25. The van der Waals surface area contributed by atoms with Gasteiger partial charge in [0.1, 0.15) is 11.5 Å². The third-order valence-electron chi connectivity index (χ3n) is 3.47. The second-order valence-electron chi connectivity index (χ2n) is 4.37. The van der Waals surface area contributed by atoms with E-state index in [4.69, 9.17) is 15.2 Å². The van der Waals surface area contributed by atoms with Gasteiger partial charge in [-0.05, 0) is 24.6 Å². The van der Waals surface area contributed by atoms with E-state index in [9.17, 15) is 4.79 Å². The summed E-state index contributed by atoms with van der Waals surface area (Å²) < 4.78 is 12.3. The summed E-state index contributed by atoms with van der Waals surface area (Å²) in [4.78, 5) is 12.3. The van der Waals surface area contributed by atoms with Crippen LogP contribution in [-0.4, -0.2) is 18.8 Å². The Kier molecular flexibility index (Phi) is 3.48. The molecule has 0 aliphatic rings. The lowest BCUT2D eigenvalue weighted by molar-refractivity contribution is 0.408. The lowest BCUT2D eigenvalue weighted by Gasteiger charge is -2.17. The van der Waals surface area contributed by atoms with Gasteiger partial charge in [-0.3, -0.25) is 4.79 Å². The highest BCUT2D eigenvalue weighted by molar-refractivity contribution is 5.93. The van der Waals surface area contributed by atoms with Crippen molar-refractivity contribution >= 4 is 10.9 Å². The molecule has 102 valence electrons. The molecule has 2 aromatic rings. The van der Waals surface area contributed by atoms with Crippen LogP contribution < -0.4 is 20.8 Å². The quantitative estimate of drug-likeness (QED) is 0.906. The molecule has 0 unspecified atom stereocenters. The van der Waals surface area contributed by atoms with Crippen LogP contribution >= 0.6 is 0 Å². The van der Waals surface area contributed by atoms with E-state index in [1.807, 2.05) is 13.0 Å². The molecular formula is C14H18N2O3. The number of aryl methyl sites for hydroxylation is 2. The van der Waals surface area contributed by atoms with Crippen LogP contribution in [0.2, 0.25) is 0 Å². The summed E-state index contributed by atoms with van der Waals surface area (Å²) in [6.07, 6.45) is 0. The molecule has 5 heteroatoms. The number of pyridine rings is 1. The summed E-state index contributed by atoms with van der Waals surface area (Å²) >= 11 is 0. The molecule has 0 atom stereocenters. The number of rotatable bonds is 3. The molecule has 0 saturated heterocycles. The van der Waals surface area contributed by atoms with Crippen molar-refractivity contribution in [2.45, 2.75) is 13.5 Å². The van der Waals surface area contributed by atoms with Gasteiger partial charge in [0.05, 0.1) is 19.7 Å². The minimum absolute atomic E-state index is 0.0981. The molecule has 2 rings (SSSR count). The molecule has 5 nitrogen and oxygen atoms in total. The van der Waals surface area contributed by atoms with Crippen LogP contribution in [0.1, 0.15) is 11.1 Å². The van der Waals surface area contributed by atoms with Crippen LogP contribution in [0.5, 0.6) is 11.5 Å². The number of ether oxygens (including phenoxy) is 2. The molecule has 19 heavy (non-hydrogen) atoms. The second-order valence-corrected chi connectivity index (χ2v) is 4.37. The Morgan fingerprint density at radius 3 is 2.32 bits per heavy atom. The normalized spacial score (nSPS) is 10.8. The molecule has 2 N–H and O–H groups in total. The molecule has 0 amide bonds. The van der Waals surface area contributed by atoms with Gasteiger partial charge in [-0.15, -0.1) is 0 Å². The molecule has 0 bridgehead atoms. The third kappa shape index (κ3) is 1.86. The Balaban J connectivity index is 3.09. The fraction of sp³-hybridized carbons (Fsp3) is 0.357. The van der Waals surface area contributed by atoms with Crippen molar-refractivity contribution in [2.24, 2.45) is 12.8 Å². The number of nitrogens with two attached hydrogens (primary N) is 1. The molecule has 1 aromatic heterocycles. The number of benzene rings is 1.